The van der Waals surface area contributed by atoms with Gasteiger partial charge in [-0.1, -0.05) is 29.8 Å². The lowest BCUT2D eigenvalue weighted by molar-refractivity contribution is 0.351. The molecule has 0 unspecified atom stereocenters. The fourth-order valence-corrected chi connectivity index (χ4v) is 4.43. The van der Waals surface area contributed by atoms with Gasteiger partial charge in [0, 0.05) is 25.4 Å². The zero-order valence-electron chi connectivity index (χ0n) is 14.1. The van der Waals surface area contributed by atoms with Crippen LogP contribution in [0.2, 0.25) is 0 Å². The lowest BCUT2D eigenvalue weighted by Gasteiger charge is -2.21. The van der Waals surface area contributed by atoms with Crippen LogP contribution < -0.4 is 5.32 Å². The molecular formula is C16H24N6OS. The topological polar surface area (TPSA) is 81.7 Å². The molecule has 2 aliphatic rings. The highest BCUT2D eigenvalue weighted by Gasteiger charge is 2.24. The van der Waals surface area contributed by atoms with Crippen LogP contribution in [0.3, 0.4) is 0 Å². The third-order valence-corrected chi connectivity index (χ3v) is 6.07. The molecule has 7 nitrogen and oxygen atoms in total. The maximum Gasteiger partial charge on any atom is 0.229 e. The Bertz CT molecular complexity index is 672. The first-order valence-corrected chi connectivity index (χ1v) is 9.85. The molecule has 1 aliphatic carbocycles. The molecule has 2 aromatic rings. The van der Waals surface area contributed by atoms with Gasteiger partial charge in [0.15, 0.2) is 11.0 Å². The lowest BCUT2D eigenvalue weighted by atomic mass is 9.99. The zero-order valence-corrected chi connectivity index (χ0v) is 14.9. The molecular weight excluding hydrogens is 324 g/mol. The van der Waals surface area contributed by atoms with Gasteiger partial charge in [-0.3, -0.25) is 0 Å². The zero-order chi connectivity index (χ0) is 16.4. The highest BCUT2D eigenvalue weighted by atomic mass is 32.2. The number of rotatable bonds is 5. The van der Waals surface area contributed by atoms with Crippen LogP contribution in [0.1, 0.15) is 67.9 Å². The van der Waals surface area contributed by atoms with Crippen molar-refractivity contribution in [3.8, 4) is 0 Å². The summed E-state index contributed by atoms with van der Waals surface area (Å²) in [4.78, 5) is 4.57. The Hall–Kier alpha value is -1.41. The van der Waals surface area contributed by atoms with Crippen molar-refractivity contribution in [3.63, 3.8) is 0 Å². The van der Waals surface area contributed by atoms with Gasteiger partial charge in [-0.05, 0) is 32.2 Å². The highest BCUT2D eigenvalue weighted by molar-refractivity contribution is 7.98. The SMILES string of the molecule is Cn1c(SCc2noc(C3CCCC3)n2)nnc1[C@@H]1CCCNC1. The third-order valence-electron chi connectivity index (χ3n) is 5.05. The van der Waals surface area contributed by atoms with Crippen molar-refractivity contribution >= 4 is 11.8 Å². The summed E-state index contributed by atoms with van der Waals surface area (Å²) >= 11 is 1.62. The molecule has 3 heterocycles. The van der Waals surface area contributed by atoms with Gasteiger partial charge in [0.1, 0.15) is 5.82 Å². The monoisotopic (exact) mass is 348 g/mol. The summed E-state index contributed by atoms with van der Waals surface area (Å²) in [7, 11) is 2.05. The summed E-state index contributed by atoms with van der Waals surface area (Å²) < 4.78 is 7.55. The second-order valence-corrected chi connectivity index (χ2v) is 7.70. The summed E-state index contributed by atoms with van der Waals surface area (Å²) in [6.45, 7) is 2.10. The molecule has 0 spiro atoms. The average Bonchev–Trinajstić information content (AvgIpc) is 3.35. The van der Waals surface area contributed by atoms with Gasteiger partial charge in [-0.25, -0.2) is 0 Å². The summed E-state index contributed by atoms with van der Waals surface area (Å²) in [6.07, 6.45) is 7.28. The number of hydrogen-bond acceptors (Lipinski definition) is 7. The second-order valence-electron chi connectivity index (χ2n) is 6.76. The van der Waals surface area contributed by atoms with E-state index in [2.05, 4.69) is 30.2 Å². The smallest absolute Gasteiger partial charge is 0.229 e. The van der Waals surface area contributed by atoms with E-state index < -0.39 is 0 Å². The van der Waals surface area contributed by atoms with Crippen LogP contribution in [0, 0.1) is 0 Å². The minimum Gasteiger partial charge on any atom is -0.339 e. The molecule has 4 rings (SSSR count). The largest absolute Gasteiger partial charge is 0.339 e. The molecule has 2 aromatic heterocycles. The number of thioether (sulfide) groups is 1. The molecule has 1 aliphatic heterocycles. The highest BCUT2D eigenvalue weighted by Crippen LogP contribution is 2.33. The molecule has 2 fully saturated rings. The Morgan fingerprint density at radius 2 is 2.00 bits per heavy atom. The normalized spacial score (nSPS) is 22.3. The quantitative estimate of drug-likeness (QED) is 0.832. The Morgan fingerprint density at radius 1 is 1.17 bits per heavy atom. The number of nitrogens with one attached hydrogen (secondary N) is 1. The summed E-state index contributed by atoms with van der Waals surface area (Å²) in [5.74, 6) is 4.25. The van der Waals surface area contributed by atoms with Crippen molar-refractivity contribution < 1.29 is 4.52 Å². The van der Waals surface area contributed by atoms with Gasteiger partial charge >= 0.3 is 0 Å². The van der Waals surface area contributed by atoms with E-state index in [1.165, 1.54) is 38.5 Å². The Kier molecular flexibility index (Phi) is 4.84. The van der Waals surface area contributed by atoms with Gasteiger partial charge in [0.2, 0.25) is 5.89 Å². The number of piperidine rings is 1. The van der Waals surface area contributed by atoms with E-state index in [-0.39, 0.29) is 0 Å². The van der Waals surface area contributed by atoms with Crippen LogP contribution in [0.5, 0.6) is 0 Å². The summed E-state index contributed by atoms with van der Waals surface area (Å²) in [6, 6.07) is 0. The van der Waals surface area contributed by atoms with E-state index in [1.54, 1.807) is 11.8 Å². The third kappa shape index (κ3) is 3.35. The number of nitrogens with zero attached hydrogens (tertiary/aromatic N) is 5. The Labute approximate surface area is 146 Å². The first-order valence-electron chi connectivity index (χ1n) is 8.86. The van der Waals surface area contributed by atoms with Crippen LogP contribution in [0.15, 0.2) is 9.68 Å². The van der Waals surface area contributed by atoms with Crippen molar-refractivity contribution in [1.82, 2.24) is 30.2 Å². The van der Waals surface area contributed by atoms with Crippen LogP contribution in [0.4, 0.5) is 0 Å². The number of hydrogen-bond donors (Lipinski definition) is 1. The molecule has 0 aromatic carbocycles. The van der Waals surface area contributed by atoms with Gasteiger partial charge < -0.3 is 14.4 Å². The van der Waals surface area contributed by atoms with Crippen molar-refractivity contribution in [2.24, 2.45) is 7.05 Å². The van der Waals surface area contributed by atoms with Crippen LogP contribution in [-0.2, 0) is 12.8 Å². The van der Waals surface area contributed by atoms with E-state index in [9.17, 15) is 0 Å². The Morgan fingerprint density at radius 3 is 2.79 bits per heavy atom. The molecule has 1 saturated carbocycles. The average molecular weight is 348 g/mol. The van der Waals surface area contributed by atoms with E-state index in [0.29, 0.717) is 17.6 Å². The molecule has 0 bridgehead atoms. The molecule has 0 amide bonds. The second kappa shape index (κ2) is 7.23. The van der Waals surface area contributed by atoms with Crippen molar-refractivity contribution in [1.29, 1.82) is 0 Å². The van der Waals surface area contributed by atoms with Crippen LogP contribution >= 0.6 is 11.8 Å². The van der Waals surface area contributed by atoms with Crippen LogP contribution in [0.25, 0.3) is 0 Å². The fraction of sp³-hybridized carbons (Fsp3) is 0.750. The molecule has 130 valence electrons. The van der Waals surface area contributed by atoms with Crippen molar-refractivity contribution in [2.45, 2.75) is 61.3 Å². The van der Waals surface area contributed by atoms with Crippen molar-refractivity contribution in [2.75, 3.05) is 13.1 Å². The predicted octanol–water partition coefficient (Wildman–Crippen LogP) is 2.62. The molecule has 24 heavy (non-hydrogen) atoms. The molecule has 0 radical (unpaired) electrons. The van der Waals surface area contributed by atoms with Gasteiger partial charge in [-0.15, -0.1) is 10.2 Å². The molecule has 8 heteroatoms. The summed E-state index contributed by atoms with van der Waals surface area (Å²) in [5.41, 5.74) is 0. The van der Waals surface area contributed by atoms with Gasteiger partial charge in [0.25, 0.3) is 0 Å². The first-order chi connectivity index (χ1) is 11.8. The van der Waals surface area contributed by atoms with Gasteiger partial charge in [0.05, 0.1) is 5.75 Å². The minimum atomic E-state index is 0.463. The molecule has 1 atom stereocenters. The molecule has 1 N–H and O–H groups in total. The first kappa shape index (κ1) is 16.1. The van der Waals surface area contributed by atoms with E-state index in [0.717, 1.165) is 35.8 Å². The maximum atomic E-state index is 5.44. The number of aromatic nitrogens is 5. The Balaban J connectivity index is 1.38. The van der Waals surface area contributed by atoms with Crippen LogP contribution in [-0.4, -0.2) is 38.0 Å². The standard InChI is InChI=1S/C16H24N6OS/c1-22-14(12-7-4-8-17-9-12)19-20-16(22)24-10-13-18-15(23-21-13)11-5-2-3-6-11/h11-12,17H,2-10H2,1H3/t12-/m1/s1. The maximum absolute atomic E-state index is 5.44. The summed E-state index contributed by atoms with van der Waals surface area (Å²) in [5, 5.41) is 17.2. The van der Waals surface area contributed by atoms with Gasteiger partial charge in [-0.2, -0.15) is 4.98 Å². The lowest BCUT2D eigenvalue weighted by Crippen LogP contribution is -2.29. The van der Waals surface area contributed by atoms with E-state index in [1.807, 2.05) is 7.05 Å². The predicted molar refractivity (Wildman–Crippen MR) is 90.9 cm³/mol. The van der Waals surface area contributed by atoms with Crippen molar-refractivity contribution in [3.05, 3.63) is 17.5 Å². The van der Waals surface area contributed by atoms with E-state index >= 15 is 0 Å². The fourth-order valence-electron chi connectivity index (χ4n) is 3.67. The molecule has 1 saturated heterocycles. The minimum absolute atomic E-state index is 0.463. The van der Waals surface area contributed by atoms with E-state index in [4.69, 9.17) is 4.52 Å².